The van der Waals surface area contributed by atoms with Gasteiger partial charge in [0, 0.05) is 24.4 Å². The maximum absolute atomic E-state index is 4.59. The number of nitrogens with zero attached hydrogens (tertiary/aromatic N) is 1. The van der Waals surface area contributed by atoms with E-state index < -0.39 is 0 Å². The van der Waals surface area contributed by atoms with Crippen LogP contribution in [0.25, 0.3) is 0 Å². The van der Waals surface area contributed by atoms with Crippen LogP contribution < -0.4 is 5.32 Å². The molecule has 1 heterocycles. The van der Waals surface area contributed by atoms with E-state index in [1.54, 1.807) is 0 Å². The number of nitrogens with one attached hydrogen (secondary N) is 1. The number of hydrogen-bond acceptors (Lipinski definition) is 2. The zero-order chi connectivity index (χ0) is 13.7. The molecule has 1 atom stereocenters. The van der Waals surface area contributed by atoms with Crippen LogP contribution in [0.3, 0.4) is 0 Å². The van der Waals surface area contributed by atoms with Gasteiger partial charge in [-0.1, -0.05) is 32.8 Å². The topological polar surface area (TPSA) is 24.9 Å². The first-order valence-corrected chi connectivity index (χ1v) is 7.79. The Morgan fingerprint density at radius 2 is 2.05 bits per heavy atom. The Morgan fingerprint density at radius 1 is 1.32 bits per heavy atom. The number of aryl methyl sites for hydroxylation is 1. The molecule has 1 unspecified atom stereocenters. The van der Waals surface area contributed by atoms with Crippen molar-refractivity contribution in [3.63, 3.8) is 0 Å². The Bertz CT molecular complexity index is 377. The van der Waals surface area contributed by atoms with Gasteiger partial charge in [-0.2, -0.15) is 0 Å². The van der Waals surface area contributed by atoms with Gasteiger partial charge in [0.25, 0.3) is 0 Å². The van der Waals surface area contributed by atoms with E-state index in [1.165, 1.54) is 43.4 Å². The normalized spacial score (nSPS) is 19.5. The largest absolute Gasteiger partial charge is 0.313 e. The molecule has 0 spiro atoms. The van der Waals surface area contributed by atoms with Crippen molar-refractivity contribution in [1.29, 1.82) is 0 Å². The van der Waals surface area contributed by atoms with E-state index >= 15 is 0 Å². The second kappa shape index (κ2) is 6.51. The molecule has 0 aliphatic heterocycles. The summed E-state index contributed by atoms with van der Waals surface area (Å²) >= 11 is 0. The quantitative estimate of drug-likeness (QED) is 0.839. The Labute approximate surface area is 118 Å². The van der Waals surface area contributed by atoms with E-state index in [9.17, 15) is 0 Å². The third-order valence-corrected chi connectivity index (χ3v) is 4.61. The summed E-state index contributed by atoms with van der Waals surface area (Å²) in [5.74, 6) is 0. The summed E-state index contributed by atoms with van der Waals surface area (Å²) in [6.07, 6.45) is 9.76. The zero-order valence-corrected chi connectivity index (χ0v) is 12.7. The molecule has 1 fully saturated rings. The molecule has 1 aromatic heterocycles. The molecule has 2 rings (SSSR count). The van der Waals surface area contributed by atoms with Crippen LogP contribution in [0.2, 0.25) is 0 Å². The fraction of sp³-hybridized carbons (Fsp3) is 0.706. The van der Waals surface area contributed by atoms with Crippen LogP contribution in [0.15, 0.2) is 18.3 Å². The predicted octanol–water partition coefficient (Wildman–Crippen LogP) is 3.88. The van der Waals surface area contributed by atoms with Gasteiger partial charge in [-0.15, -0.1) is 0 Å². The van der Waals surface area contributed by atoms with Crippen LogP contribution in [0.1, 0.15) is 57.2 Å². The van der Waals surface area contributed by atoms with Gasteiger partial charge in [0.05, 0.1) is 0 Å². The minimum Gasteiger partial charge on any atom is -0.313 e. The minimum absolute atomic E-state index is 0.460. The third-order valence-electron chi connectivity index (χ3n) is 4.61. The number of rotatable bonds is 6. The SMILES string of the molecule is CCCNC(Cc1ccc(C)cn1)C1(C)CCCC1. The molecule has 0 saturated heterocycles. The van der Waals surface area contributed by atoms with Crippen LogP contribution in [-0.4, -0.2) is 17.6 Å². The molecular formula is C17H28N2. The van der Waals surface area contributed by atoms with E-state index in [-0.39, 0.29) is 0 Å². The summed E-state index contributed by atoms with van der Waals surface area (Å²) in [4.78, 5) is 4.59. The lowest BCUT2D eigenvalue weighted by molar-refractivity contribution is 0.218. The molecule has 2 heteroatoms. The highest BCUT2D eigenvalue weighted by molar-refractivity contribution is 5.14. The molecule has 0 amide bonds. The van der Waals surface area contributed by atoms with Gasteiger partial charge >= 0.3 is 0 Å². The third kappa shape index (κ3) is 3.79. The van der Waals surface area contributed by atoms with Gasteiger partial charge in [-0.05, 0) is 49.8 Å². The maximum Gasteiger partial charge on any atom is 0.0419 e. The second-order valence-electron chi connectivity index (χ2n) is 6.40. The van der Waals surface area contributed by atoms with Crippen LogP contribution in [0.5, 0.6) is 0 Å². The number of hydrogen-bond donors (Lipinski definition) is 1. The highest BCUT2D eigenvalue weighted by atomic mass is 14.9. The van der Waals surface area contributed by atoms with Gasteiger partial charge in [-0.25, -0.2) is 0 Å². The van der Waals surface area contributed by atoms with Crippen molar-refractivity contribution in [3.05, 3.63) is 29.6 Å². The Morgan fingerprint density at radius 3 is 2.63 bits per heavy atom. The van der Waals surface area contributed by atoms with E-state index in [0.29, 0.717) is 11.5 Å². The first-order valence-electron chi connectivity index (χ1n) is 7.79. The smallest absolute Gasteiger partial charge is 0.0419 e. The van der Waals surface area contributed by atoms with E-state index in [4.69, 9.17) is 0 Å². The van der Waals surface area contributed by atoms with Gasteiger partial charge in [0.2, 0.25) is 0 Å². The lowest BCUT2D eigenvalue weighted by atomic mass is 9.78. The molecule has 106 valence electrons. The standard InChI is InChI=1S/C17H28N2/c1-4-11-18-16(17(3)9-5-6-10-17)12-15-8-7-14(2)13-19-15/h7-8,13,16,18H,4-6,9-12H2,1-3H3. The van der Waals surface area contributed by atoms with Crippen molar-refractivity contribution >= 4 is 0 Å². The molecule has 0 bridgehead atoms. The molecule has 1 aromatic rings. The molecule has 1 saturated carbocycles. The van der Waals surface area contributed by atoms with Gasteiger partial charge in [0.1, 0.15) is 0 Å². The first kappa shape index (κ1) is 14.5. The minimum atomic E-state index is 0.460. The highest BCUT2D eigenvalue weighted by Crippen LogP contribution is 2.41. The Hall–Kier alpha value is -0.890. The van der Waals surface area contributed by atoms with E-state index in [1.807, 2.05) is 6.20 Å². The van der Waals surface area contributed by atoms with Crippen LogP contribution >= 0.6 is 0 Å². The number of aromatic nitrogens is 1. The summed E-state index contributed by atoms with van der Waals surface area (Å²) in [5.41, 5.74) is 2.93. The Balaban J connectivity index is 2.06. The molecule has 19 heavy (non-hydrogen) atoms. The average molecular weight is 260 g/mol. The fourth-order valence-corrected chi connectivity index (χ4v) is 3.24. The Kier molecular flexibility index (Phi) is 4.98. The maximum atomic E-state index is 4.59. The summed E-state index contributed by atoms with van der Waals surface area (Å²) in [6, 6.07) is 4.94. The van der Waals surface area contributed by atoms with Crippen molar-refractivity contribution in [2.75, 3.05) is 6.54 Å². The summed E-state index contributed by atoms with van der Waals surface area (Å²) < 4.78 is 0. The molecule has 0 radical (unpaired) electrons. The average Bonchev–Trinajstić information content (AvgIpc) is 2.85. The highest BCUT2D eigenvalue weighted by Gasteiger charge is 2.36. The van der Waals surface area contributed by atoms with Gasteiger partial charge in [0.15, 0.2) is 0 Å². The monoisotopic (exact) mass is 260 g/mol. The fourth-order valence-electron chi connectivity index (χ4n) is 3.24. The summed E-state index contributed by atoms with van der Waals surface area (Å²) in [6.45, 7) is 7.92. The lowest BCUT2D eigenvalue weighted by Gasteiger charge is -2.35. The van der Waals surface area contributed by atoms with Crippen LogP contribution in [0.4, 0.5) is 0 Å². The zero-order valence-electron chi connectivity index (χ0n) is 12.7. The molecular weight excluding hydrogens is 232 g/mol. The predicted molar refractivity (Wildman–Crippen MR) is 81.3 cm³/mol. The first-order chi connectivity index (χ1) is 9.14. The molecule has 1 N–H and O–H groups in total. The molecule has 0 aromatic carbocycles. The number of pyridine rings is 1. The van der Waals surface area contributed by atoms with Crippen LogP contribution in [-0.2, 0) is 6.42 Å². The van der Waals surface area contributed by atoms with Crippen LogP contribution in [0, 0.1) is 12.3 Å². The van der Waals surface area contributed by atoms with E-state index in [0.717, 1.165) is 13.0 Å². The van der Waals surface area contributed by atoms with E-state index in [2.05, 4.69) is 43.2 Å². The van der Waals surface area contributed by atoms with Crippen molar-refractivity contribution < 1.29 is 0 Å². The lowest BCUT2D eigenvalue weighted by Crippen LogP contribution is -2.44. The second-order valence-corrected chi connectivity index (χ2v) is 6.40. The van der Waals surface area contributed by atoms with Crippen molar-refractivity contribution in [3.8, 4) is 0 Å². The van der Waals surface area contributed by atoms with Crippen molar-refractivity contribution in [1.82, 2.24) is 10.3 Å². The molecule has 1 aliphatic carbocycles. The van der Waals surface area contributed by atoms with Crippen molar-refractivity contribution in [2.45, 2.75) is 65.3 Å². The van der Waals surface area contributed by atoms with Crippen molar-refractivity contribution in [2.24, 2.45) is 5.41 Å². The van der Waals surface area contributed by atoms with Gasteiger partial charge < -0.3 is 5.32 Å². The summed E-state index contributed by atoms with van der Waals surface area (Å²) in [7, 11) is 0. The van der Waals surface area contributed by atoms with Gasteiger partial charge in [-0.3, -0.25) is 4.98 Å². The molecule has 2 nitrogen and oxygen atoms in total. The molecule has 1 aliphatic rings. The summed E-state index contributed by atoms with van der Waals surface area (Å²) in [5, 5.41) is 3.77.